The number of nitrogens with one attached hydrogen (secondary N) is 1. The van der Waals surface area contributed by atoms with Gasteiger partial charge >= 0.3 is 0 Å². The normalized spacial score (nSPS) is 11.8. The number of aryl methyl sites for hydroxylation is 1. The van der Waals surface area contributed by atoms with Gasteiger partial charge in [0, 0.05) is 0 Å². The number of hydrogen-bond acceptors (Lipinski definition) is 5. The quantitative estimate of drug-likeness (QED) is 0.844. The predicted octanol–water partition coefficient (Wildman–Crippen LogP) is 1.72. The molecule has 1 aromatic rings. The van der Waals surface area contributed by atoms with Gasteiger partial charge in [0.05, 0.1) is 6.07 Å². The fourth-order valence-electron chi connectivity index (χ4n) is 1.08. The van der Waals surface area contributed by atoms with Crippen molar-refractivity contribution >= 4 is 22.4 Å². The van der Waals surface area contributed by atoms with E-state index in [2.05, 4.69) is 15.5 Å². The molecular formula is C9H12N4OS. The maximum Gasteiger partial charge on any atom is 0.243 e. The largest absolute Gasteiger partial charge is 0.299 e. The molecule has 0 aliphatic heterocycles. The van der Waals surface area contributed by atoms with Crippen molar-refractivity contribution in [3.05, 3.63) is 5.01 Å². The zero-order valence-electron chi connectivity index (χ0n) is 8.65. The van der Waals surface area contributed by atoms with Gasteiger partial charge < -0.3 is 0 Å². The Morgan fingerprint density at radius 2 is 2.40 bits per heavy atom. The van der Waals surface area contributed by atoms with Crippen molar-refractivity contribution < 1.29 is 4.79 Å². The van der Waals surface area contributed by atoms with Gasteiger partial charge in [0.1, 0.15) is 10.9 Å². The molecule has 0 bridgehead atoms. The van der Waals surface area contributed by atoms with E-state index < -0.39 is 5.92 Å². The molecule has 0 aliphatic carbocycles. The number of carbonyl (C=O) groups excluding carboxylic acids is 1. The summed E-state index contributed by atoms with van der Waals surface area (Å²) in [6, 6.07) is 1.97. The summed E-state index contributed by atoms with van der Waals surface area (Å²) >= 11 is 1.30. The second-order valence-electron chi connectivity index (χ2n) is 3.09. The van der Waals surface area contributed by atoms with Gasteiger partial charge in [-0.1, -0.05) is 24.7 Å². The van der Waals surface area contributed by atoms with Crippen LogP contribution in [-0.4, -0.2) is 16.1 Å². The van der Waals surface area contributed by atoms with Gasteiger partial charge in [-0.3, -0.25) is 10.1 Å². The summed E-state index contributed by atoms with van der Waals surface area (Å²) in [5, 5.41) is 20.1. The molecular weight excluding hydrogens is 212 g/mol. The molecule has 6 heteroatoms. The molecule has 15 heavy (non-hydrogen) atoms. The van der Waals surface area contributed by atoms with E-state index in [9.17, 15) is 4.79 Å². The van der Waals surface area contributed by atoms with Crippen LogP contribution >= 0.6 is 11.3 Å². The molecule has 0 aliphatic rings. The van der Waals surface area contributed by atoms with Gasteiger partial charge in [-0.05, 0) is 13.3 Å². The van der Waals surface area contributed by atoms with E-state index in [0.29, 0.717) is 11.6 Å². The predicted molar refractivity (Wildman–Crippen MR) is 57.3 cm³/mol. The molecule has 0 saturated carbocycles. The number of amides is 1. The summed E-state index contributed by atoms with van der Waals surface area (Å²) in [5.74, 6) is -0.894. The van der Waals surface area contributed by atoms with E-state index in [-0.39, 0.29) is 5.91 Å². The van der Waals surface area contributed by atoms with Crippen molar-refractivity contribution in [2.45, 2.75) is 26.7 Å². The smallest absolute Gasteiger partial charge is 0.243 e. The van der Waals surface area contributed by atoms with Gasteiger partial charge in [-0.2, -0.15) is 5.26 Å². The fraction of sp³-hybridized carbons (Fsp3) is 0.556. The monoisotopic (exact) mass is 224 g/mol. The van der Waals surface area contributed by atoms with Crippen LogP contribution in [0.4, 0.5) is 5.13 Å². The van der Waals surface area contributed by atoms with Gasteiger partial charge in [0.25, 0.3) is 0 Å². The van der Waals surface area contributed by atoms with Crippen molar-refractivity contribution in [3.63, 3.8) is 0 Å². The summed E-state index contributed by atoms with van der Waals surface area (Å²) in [7, 11) is 0. The minimum Gasteiger partial charge on any atom is -0.299 e. The highest BCUT2D eigenvalue weighted by molar-refractivity contribution is 7.15. The average Bonchev–Trinajstić information content (AvgIpc) is 2.60. The maximum atomic E-state index is 11.5. The summed E-state index contributed by atoms with van der Waals surface area (Å²) in [5.41, 5.74) is 0. The lowest BCUT2D eigenvalue weighted by molar-refractivity contribution is -0.118. The molecule has 0 fully saturated rings. The topological polar surface area (TPSA) is 78.7 Å². The Morgan fingerprint density at radius 3 is 2.87 bits per heavy atom. The van der Waals surface area contributed by atoms with E-state index in [1.165, 1.54) is 11.3 Å². The molecule has 1 rings (SSSR count). The SMILES string of the molecule is CCCC(C#N)C(=O)Nc1nnc(C)s1. The van der Waals surface area contributed by atoms with E-state index in [0.717, 1.165) is 11.4 Å². The number of carbonyl (C=O) groups is 1. The van der Waals surface area contributed by atoms with E-state index in [1.54, 1.807) is 6.92 Å². The Hall–Kier alpha value is -1.48. The van der Waals surface area contributed by atoms with Crippen molar-refractivity contribution in [2.75, 3.05) is 5.32 Å². The number of nitriles is 1. The first kappa shape index (κ1) is 11.6. The first-order valence-electron chi connectivity index (χ1n) is 4.68. The van der Waals surface area contributed by atoms with Crippen LogP contribution in [0.5, 0.6) is 0 Å². The van der Waals surface area contributed by atoms with Crippen LogP contribution in [0, 0.1) is 24.2 Å². The third kappa shape index (κ3) is 3.29. The van der Waals surface area contributed by atoms with Crippen molar-refractivity contribution in [2.24, 2.45) is 5.92 Å². The molecule has 0 saturated heterocycles. The van der Waals surface area contributed by atoms with E-state index >= 15 is 0 Å². The van der Waals surface area contributed by atoms with Gasteiger partial charge in [0.2, 0.25) is 11.0 Å². The molecule has 5 nitrogen and oxygen atoms in total. The summed E-state index contributed by atoms with van der Waals surface area (Å²) in [6.07, 6.45) is 1.38. The number of anilines is 1. The van der Waals surface area contributed by atoms with Crippen LogP contribution < -0.4 is 5.32 Å². The fourth-order valence-corrected chi connectivity index (χ4v) is 1.68. The molecule has 0 radical (unpaired) electrons. The Balaban J connectivity index is 2.58. The number of aromatic nitrogens is 2. The Morgan fingerprint density at radius 1 is 1.67 bits per heavy atom. The van der Waals surface area contributed by atoms with Crippen LogP contribution in [0.1, 0.15) is 24.8 Å². The van der Waals surface area contributed by atoms with E-state index in [1.807, 2.05) is 13.0 Å². The van der Waals surface area contributed by atoms with Gasteiger partial charge in [0.15, 0.2) is 0 Å². The first-order valence-corrected chi connectivity index (χ1v) is 5.49. The summed E-state index contributed by atoms with van der Waals surface area (Å²) in [4.78, 5) is 11.5. The van der Waals surface area contributed by atoms with Crippen LogP contribution in [0.15, 0.2) is 0 Å². The highest BCUT2D eigenvalue weighted by atomic mass is 32.1. The molecule has 1 N–H and O–H groups in total. The molecule has 1 amide bonds. The van der Waals surface area contributed by atoms with Crippen LogP contribution in [-0.2, 0) is 4.79 Å². The molecule has 0 aromatic carbocycles. The second kappa shape index (κ2) is 5.41. The van der Waals surface area contributed by atoms with Gasteiger partial charge in [-0.25, -0.2) is 0 Å². The molecule has 1 aromatic heterocycles. The third-order valence-corrected chi connectivity index (χ3v) is 2.56. The minimum atomic E-state index is -0.598. The van der Waals surface area contributed by atoms with Crippen molar-refractivity contribution in [1.82, 2.24) is 10.2 Å². The second-order valence-corrected chi connectivity index (χ2v) is 4.27. The lowest BCUT2D eigenvalue weighted by Gasteiger charge is -2.05. The van der Waals surface area contributed by atoms with Crippen LogP contribution in [0.2, 0.25) is 0 Å². The Kier molecular flexibility index (Phi) is 4.18. The third-order valence-electron chi connectivity index (χ3n) is 1.81. The first-order chi connectivity index (χ1) is 7.17. The molecule has 1 atom stereocenters. The van der Waals surface area contributed by atoms with Crippen LogP contribution in [0.25, 0.3) is 0 Å². The minimum absolute atomic E-state index is 0.296. The van der Waals surface area contributed by atoms with Crippen molar-refractivity contribution in [1.29, 1.82) is 5.26 Å². The van der Waals surface area contributed by atoms with Crippen molar-refractivity contribution in [3.8, 4) is 6.07 Å². The number of hydrogen-bond donors (Lipinski definition) is 1. The van der Waals surface area contributed by atoms with Gasteiger partial charge in [-0.15, -0.1) is 10.2 Å². The molecule has 0 spiro atoms. The standard InChI is InChI=1S/C9H12N4OS/c1-3-4-7(5-10)8(14)11-9-13-12-6(2)15-9/h7H,3-4H2,1-2H3,(H,11,13,14). The molecule has 1 unspecified atom stereocenters. The highest BCUT2D eigenvalue weighted by Gasteiger charge is 2.17. The van der Waals surface area contributed by atoms with E-state index in [4.69, 9.17) is 5.26 Å². The lowest BCUT2D eigenvalue weighted by atomic mass is 10.1. The number of nitrogens with zero attached hydrogens (tertiary/aromatic N) is 3. The van der Waals surface area contributed by atoms with Crippen LogP contribution in [0.3, 0.4) is 0 Å². The Labute approximate surface area is 92.1 Å². The number of rotatable bonds is 4. The average molecular weight is 224 g/mol. The Bertz CT molecular complexity index is 382. The summed E-state index contributed by atoms with van der Waals surface area (Å²) in [6.45, 7) is 3.74. The highest BCUT2D eigenvalue weighted by Crippen LogP contribution is 2.15. The lowest BCUT2D eigenvalue weighted by Crippen LogP contribution is -2.21. The molecule has 80 valence electrons. The zero-order valence-corrected chi connectivity index (χ0v) is 9.47. The zero-order chi connectivity index (χ0) is 11.3. The molecule has 1 heterocycles. The maximum absolute atomic E-state index is 11.5. The summed E-state index contributed by atoms with van der Waals surface area (Å²) < 4.78 is 0.